The van der Waals surface area contributed by atoms with E-state index >= 15 is 0 Å². The van der Waals surface area contributed by atoms with Crippen molar-refractivity contribution in [1.82, 2.24) is 0 Å². The molecule has 1 rings (SSSR count). The summed E-state index contributed by atoms with van der Waals surface area (Å²) in [6.07, 6.45) is 0. The molecule has 0 aliphatic heterocycles. The van der Waals surface area contributed by atoms with E-state index in [0.29, 0.717) is 0 Å². The summed E-state index contributed by atoms with van der Waals surface area (Å²) in [5.41, 5.74) is 2.84. The van der Waals surface area contributed by atoms with Gasteiger partial charge in [-0.2, -0.15) is 0 Å². The topological polar surface area (TPSA) is 0 Å². The fourth-order valence-corrected chi connectivity index (χ4v) is 4.61. The number of benzene rings is 1. The fraction of sp³-hybridized carbons (Fsp3) is 0.250. The Morgan fingerprint density at radius 3 is 2.40 bits per heavy atom. The molecule has 2 heteroatoms. The van der Waals surface area contributed by atoms with Crippen LogP contribution < -0.4 is 0 Å². The summed E-state index contributed by atoms with van der Waals surface area (Å²) in [5, 5.41) is 0. The van der Waals surface area contributed by atoms with E-state index in [-0.39, 0.29) is 20.6 Å². The first-order valence-electron chi connectivity index (χ1n) is 3.30. The van der Waals surface area contributed by atoms with Crippen LogP contribution in [0.15, 0.2) is 24.3 Å². The predicted molar refractivity (Wildman–Crippen MR) is 49.6 cm³/mol. The van der Waals surface area contributed by atoms with Crippen molar-refractivity contribution in [3.63, 3.8) is 0 Å². The molecule has 0 saturated heterocycles. The van der Waals surface area contributed by atoms with Crippen molar-refractivity contribution in [3.05, 3.63) is 35.4 Å². The third-order valence-electron chi connectivity index (χ3n) is 1.43. The Hall–Kier alpha value is 0.570. The van der Waals surface area contributed by atoms with E-state index in [9.17, 15) is 0 Å². The zero-order chi connectivity index (χ0) is 7.40. The Labute approximate surface area is 78.9 Å². The van der Waals surface area contributed by atoms with Gasteiger partial charge in [0.2, 0.25) is 0 Å². The van der Waals surface area contributed by atoms with Crippen molar-refractivity contribution >= 4 is 32.9 Å². The van der Waals surface area contributed by atoms with E-state index in [4.69, 9.17) is 0 Å². The molecule has 1 aromatic rings. The van der Waals surface area contributed by atoms with E-state index < -0.39 is 0 Å². The first-order chi connectivity index (χ1) is 4.83. The summed E-state index contributed by atoms with van der Waals surface area (Å²) in [6, 6.07) is 8.81. The first-order valence-corrected chi connectivity index (χ1v) is 13.0. The van der Waals surface area contributed by atoms with Crippen molar-refractivity contribution in [1.29, 1.82) is 0 Å². The Balaban J connectivity index is 2.69. The maximum atomic E-state index is 3.59. The van der Waals surface area contributed by atoms with E-state index in [1.54, 1.807) is 0 Å². The molecule has 1 aromatic carbocycles. The van der Waals surface area contributed by atoms with Crippen LogP contribution in [0.4, 0.5) is 0 Å². The molecule has 10 heavy (non-hydrogen) atoms. The molecule has 0 aliphatic rings. The standard InChI is InChI=1S/C8H9.BrH.In/c1-7-3-5-8(2)6-4-7;;/h3-6H,1H2,2H3;1H;/q;;+1/p-1. The molecule has 0 unspecified atom stereocenters. The molecular weight excluding hydrogens is 291 g/mol. The van der Waals surface area contributed by atoms with Gasteiger partial charge in [0.25, 0.3) is 0 Å². The van der Waals surface area contributed by atoms with Gasteiger partial charge in [0.05, 0.1) is 0 Å². The second-order valence-corrected chi connectivity index (χ2v) is 8.73. The quantitative estimate of drug-likeness (QED) is 0.787. The van der Waals surface area contributed by atoms with E-state index in [0.717, 1.165) is 0 Å². The minimum absolute atomic E-state index is 0.365. The molecule has 0 nitrogen and oxygen atoms in total. The van der Waals surface area contributed by atoms with Gasteiger partial charge in [-0.25, -0.2) is 0 Å². The normalized spacial score (nSPS) is 9.40. The molecule has 0 aliphatic carbocycles. The Morgan fingerprint density at radius 2 is 1.90 bits per heavy atom. The number of aryl methyl sites for hydroxylation is 1. The first kappa shape index (κ1) is 8.66. The van der Waals surface area contributed by atoms with Crippen molar-refractivity contribution in [2.45, 2.75) is 11.1 Å². The number of hydrogen-bond acceptors (Lipinski definition) is 0. The number of hydrogen-bond donors (Lipinski definition) is 0. The molecule has 0 atom stereocenters. The SMILES string of the molecule is Cc1ccc([CH2][In][Br])cc1. The van der Waals surface area contributed by atoms with Gasteiger partial charge >= 0.3 is 79.4 Å². The van der Waals surface area contributed by atoms with Gasteiger partial charge in [0, 0.05) is 0 Å². The van der Waals surface area contributed by atoms with Gasteiger partial charge in [0.1, 0.15) is 0 Å². The second-order valence-electron chi connectivity index (χ2n) is 2.34. The molecule has 1 radical (unpaired) electrons. The van der Waals surface area contributed by atoms with Crippen LogP contribution in [-0.2, 0) is 4.18 Å². The zero-order valence-electron chi connectivity index (χ0n) is 5.97. The molecular formula is C8H9BrIn. The van der Waals surface area contributed by atoms with Crippen molar-refractivity contribution in [2.75, 3.05) is 0 Å². The second kappa shape index (κ2) is 4.45. The third kappa shape index (κ3) is 2.67. The predicted octanol–water partition coefficient (Wildman–Crippen LogP) is 2.51. The summed E-state index contributed by atoms with van der Waals surface area (Å²) in [5.74, 6) is 0. The van der Waals surface area contributed by atoms with Gasteiger partial charge < -0.3 is 0 Å². The molecule has 0 bridgehead atoms. The van der Waals surface area contributed by atoms with Crippen LogP contribution in [-0.4, -0.2) is 20.6 Å². The van der Waals surface area contributed by atoms with Crippen LogP contribution in [0.5, 0.6) is 0 Å². The summed E-state index contributed by atoms with van der Waals surface area (Å²) in [7, 11) is 0. The Morgan fingerprint density at radius 1 is 1.30 bits per heavy atom. The molecule has 0 N–H and O–H groups in total. The molecule has 0 saturated carbocycles. The Kier molecular flexibility index (Phi) is 3.85. The van der Waals surface area contributed by atoms with Gasteiger partial charge in [-0.3, -0.25) is 0 Å². The summed E-state index contributed by atoms with van der Waals surface area (Å²) >= 11 is 3.23. The molecule has 0 fully saturated rings. The van der Waals surface area contributed by atoms with E-state index in [1.165, 1.54) is 15.3 Å². The van der Waals surface area contributed by atoms with Crippen LogP contribution in [0.3, 0.4) is 0 Å². The fourth-order valence-electron chi connectivity index (χ4n) is 0.813. The summed E-state index contributed by atoms with van der Waals surface area (Å²) in [4.78, 5) is 0. The summed E-state index contributed by atoms with van der Waals surface area (Å²) < 4.78 is 1.32. The van der Waals surface area contributed by atoms with Crippen molar-refractivity contribution in [3.8, 4) is 0 Å². The average Bonchev–Trinajstić information content (AvgIpc) is 1.95. The van der Waals surface area contributed by atoms with Crippen LogP contribution >= 0.6 is 12.3 Å². The van der Waals surface area contributed by atoms with E-state index in [2.05, 4.69) is 43.5 Å². The van der Waals surface area contributed by atoms with Gasteiger partial charge in [-0.05, 0) is 0 Å². The van der Waals surface area contributed by atoms with Gasteiger partial charge in [0.15, 0.2) is 0 Å². The minimum atomic E-state index is -0.365. The van der Waals surface area contributed by atoms with Gasteiger partial charge in [-0.1, -0.05) is 0 Å². The van der Waals surface area contributed by atoms with Crippen LogP contribution in [0.1, 0.15) is 11.1 Å². The molecule has 0 heterocycles. The summed E-state index contributed by atoms with van der Waals surface area (Å²) in [6.45, 7) is 2.12. The van der Waals surface area contributed by atoms with Crippen molar-refractivity contribution in [2.24, 2.45) is 0 Å². The average molecular weight is 300 g/mol. The molecule has 0 spiro atoms. The molecule has 0 amide bonds. The van der Waals surface area contributed by atoms with Crippen LogP contribution in [0.2, 0.25) is 0 Å². The number of halogens is 1. The van der Waals surface area contributed by atoms with Gasteiger partial charge in [-0.15, -0.1) is 0 Å². The van der Waals surface area contributed by atoms with Crippen LogP contribution in [0, 0.1) is 6.92 Å². The van der Waals surface area contributed by atoms with E-state index in [1.807, 2.05) is 0 Å². The van der Waals surface area contributed by atoms with Crippen molar-refractivity contribution < 1.29 is 0 Å². The zero-order valence-corrected chi connectivity index (χ0v) is 10.9. The van der Waals surface area contributed by atoms with Crippen LogP contribution in [0.25, 0.3) is 0 Å². The maximum absolute atomic E-state index is 3.59. The number of rotatable bonds is 2. The third-order valence-corrected chi connectivity index (χ3v) is 5.39. The molecule has 0 aromatic heterocycles. The monoisotopic (exact) mass is 299 g/mol. The molecule has 51 valence electrons. The Bertz CT molecular complexity index is 193.